The molecular weight excluding hydrogens is 204 g/mol. The molecule has 0 saturated carbocycles. The van der Waals surface area contributed by atoms with Crippen molar-refractivity contribution in [3.8, 4) is 0 Å². The molecule has 0 bridgehead atoms. The zero-order valence-corrected chi connectivity index (χ0v) is 9.32. The second kappa shape index (κ2) is 5.90. The topological polar surface area (TPSA) is 72.2 Å². The Hall–Kier alpha value is -1.84. The quantitative estimate of drug-likeness (QED) is 0.564. The van der Waals surface area contributed by atoms with Crippen molar-refractivity contribution in [2.24, 2.45) is 5.73 Å². The van der Waals surface area contributed by atoms with Crippen molar-refractivity contribution in [3.05, 3.63) is 29.8 Å². The summed E-state index contributed by atoms with van der Waals surface area (Å²) in [5.41, 5.74) is 6.66. The van der Waals surface area contributed by atoms with Crippen LogP contribution in [0.4, 0.5) is 5.69 Å². The Morgan fingerprint density at radius 3 is 2.38 bits per heavy atom. The van der Waals surface area contributed by atoms with Crippen LogP contribution in [0.15, 0.2) is 24.3 Å². The molecule has 0 spiro atoms. The molecule has 0 fully saturated rings. The van der Waals surface area contributed by atoms with E-state index in [0.29, 0.717) is 24.9 Å². The van der Waals surface area contributed by atoms with Gasteiger partial charge in [-0.15, -0.1) is 0 Å². The van der Waals surface area contributed by atoms with E-state index in [-0.39, 0.29) is 11.7 Å². The third-order valence-corrected chi connectivity index (χ3v) is 2.22. The number of ketones is 1. The number of benzene rings is 1. The number of carbonyl (C=O) groups excluding carboxylic acids is 2. The van der Waals surface area contributed by atoms with E-state index >= 15 is 0 Å². The van der Waals surface area contributed by atoms with Gasteiger partial charge in [0.05, 0.1) is 0 Å². The molecule has 16 heavy (non-hydrogen) atoms. The van der Waals surface area contributed by atoms with Gasteiger partial charge in [0, 0.05) is 24.2 Å². The summed E-state index contributed by atoms with van der Waals surface area (Å²) in [4.78, 5) is 21.5. The van der Waals surface area contributed by atoms with Crippen LogP contribution in [0, 0.1) is 0 Å². The molecule has 0 aliphatic rings. The highest BCUT2D eigenvalue weighted by Crippen LogP contribution is 2.09. The van der Waals surface area contributed by atoms with Crippen LogP contribution in [0.3, 0.4) is 0 Å². The summed E-state index contributed by atoms with van der Waals surface area (Å²) in [7, 11) is 0. The molecule has 0 atom stereocenters. The lowest BCUT2D eigenvalue weighted by Crippen LogP contribution is -2.12. The summed E-state index contributed by atoms with van der Waals surface area (Å²) in [5.74, 6) is -0.228. The minimum atomic E-state index is -0.284. The lowest BCUT2D eigenvalue weighted by Gasteiger charge is -2.05. The molecule has 1 amide bonds. The average molecular weight is 220 g/mol. The number of Topliss-reactive ketones (excluding diaryl/α,β-unsaturated/α-hetero) is 1. The second-order valence-electron chi connectivity index (χ2n) is 3.63. The Bertz CT molecular complexity index is 371. The fourth-order valence-electron chi connectivity index (χ4n) is 1.32. The van der Waals surface area contributed by atoms with Crippen LogP contribution < -0.4 is 11.1 Å². The van der Waals surface area contributed by atoms with Gasteiger partial charge in [-0.05, 0) is 37.6 Å². The summed E-state index contributed by atoms with van der Waals surface area (Å²) in [6, 6.07) is 7.25. The lowest BCUT2D eigenvalue weighted by molar-refractivity contribution is -0.118. The van der Waals surface area contributed by atoms with Gasteiger partial charge in [0.15, 0.2) is 5.78 Å². The number of primary amides is 1. The molecule has 4 nitrogen and oxygen atoms in total. The van der Waals surface area contributed by atoms with Crippen molar-refractivity contribution < 1.29 is 9.59 Å². The number of anilines is 1. The number of amides is 1. The Kier molecular flexibility index (Phi) is 4.51. The summed E-state index contributed by atoms with van der Waals surface area (Å²) in [5, 5.41) is 3.15. The van der Waals surface area contributed by atoms with Crippen molar-refractivity contribution in [2.75, 3.05) is 11.9 Å². The maximum Gasteiger partial charge on any atom is 0.217 e. The van der Waals surface area contributed by atoms with Crippen LogP contribution in [0.1, 0.15) is 30.1 Å². The summed E-state index contributed by atoms with van der Waals surface area (Å²) in [6.07, 6.45) is 1.10. The van der Waals surface area contributed by atoms with Crippen molar-refractivity contribution in [3.63, 3.8) is 0 Å². The van der Waals surface area contributed by atoms with Crippen LogP contribution in [-0.2, 0) is 4.79 Å². The van der Waals surface area contributed by atoms with Crippen molar-refractivity contribution in [1.82, 2.24) is 0 Å². The number of nitrogens with two attached hydrogens (primary N) is 1. The van der Waals surface area contributed by atoms with Crippen LogP contribution in [0.5, 0.6) is 0 Å². The predicted octanol–water partition coefficient (Wildman–Crippen LogP) is 1.57. The maximum atomic E-state index is 11.0. The van der Waals surface area contributed by atoms with Gasteiger partial charge in [-0.3, -0.25) is 9.59 Å². The summed E-state index contributed by atoms with van der Waals surface area (Å²) < 4.78 is 0. The Balaban J connectivity index is 2.38. The second-order valence-corrected chi connectivity index (χ2v) is 3.63. The Labute approximate surface area is 94.8 Å². The molecule has 1 rings (SSSR count). The fraction of sp³-hybridized carbons (Fsp3) is 0.333. The van der Waals surface area contributed by atoms with E-state index in [1.54, 1.807) is 12.1 Å². The molecule has 1 aromatic carbocycles. The van der Waals surface area contributed by atoms with Crippen molar-refractivity contribution in [2.45, 2.75) is 19.8 Å². The van der Waals surface area contributed by atoms with E-state index in [2.05, 4.69) is 5.32 Å². The van der Waals surface area contributed by atoms with Crippen LogP contribution in [-0.4, -0.2) is 18.2 Å². The van der Waals surface area contributed by atoms with E-state index in [1.807, 2.05) is 12.1 Å². The molecule has 0 aliphatic heterocycles. The van der Waals surface area contributed by atoms with Gasteiger partial charge in [-0.25, -0.2) is 0 Å². The molecule has 3 N–H and O–H groups in total. The van der Waals surface area contributed by atoms with Gasteiger partial charge >= 0.3 is 0 Å². The SMILES string of the molecule is CC(=O)c1ccc(NCCCC(N)=O)cc1. The third-order valence-electron chi connectivity index (χ3n) is 2.22. The van der Waals surface area contributed by atoms with Gasteiger partial charge in [-0.2, -0.15) is 0 Å². The summed E-state index contributed by atoms with van der Waals surface area (Å²) >= 11 is 0. The number of carbonyl (C=O) groups is 2. The van der Waals surface area contributed by atoms with E-state index in [4.69, 9.17) is 5.73 Å². The molecule has 86 valence electrons. The van der Waals surface area contributed by atoms with Crippen molar-refractivity contribution in [1.29, 1.82) is 0 Å². The first-order valence-electron chi connectivity index (χ1n) is 5.23. The smallest absolute Gasteiger partial charge is 0.217 e. The number of rotatable bonds is 6. The first kappa shape index (κ1) is 12.2. The number of hydrogen-bond donors (Lipinski definition) is 2. The fourth-order valence-corrected chi connectivity index (χ4v) is 1.32. The zero-order valence-electron chi connectivity index (χ0n) is 9.32. The largest absolute Gasteiger partial charge is 0.385 e. The predicted molar refractivity (Wildman–Crippen MR) is 63.4 cm³/mol. The van der Waals surface area contributed by atoms with Crippen LogP contribution in [0.25, 0.3) is 0 Å². The first-order chi connectivity index (χ1) is 7.59. The average Bonchev–Trinajstić information content (AvgIpc) is 2.25. The van der Waals surface area contributed by atoms with Crippen LogP contribution in [0.2, 0.25) is 0 Å². The van der Waals surface area contributed by atoms with Gasteiger partial charge in [0.25, 0.3) is 0 Å². The monoisotopic (exact) mass is 220 g/mol. The highest BCUT2D eigenvalue weighted by Gasteiger charge is 1.98. The van der Waals surface area contributed by atoms with Crippen molar-refractivity contribution >= 4 is 17.4 Å². The zero-order chi connectivity index (χ0) is 12.0. The highest BCUT2D eigenvalue weighted by molar-refractivity contribution is 5.94. The molecule has 0 radical (unpaired) electrons. The van der Waals surface area contributed by atoms with Gasteiger partial charge in [0.2, 0.25) is 5.91 Å². The van der Waals surface area contributed by atoms with Gasteiger partial charge in [0.1, 0.15) is 0 Å². The molecule has 0 unspecified atom stereocenters. The maximum absolute atomic E-state index is 11.0. The van der Waals surface area contributed by atoms with E-state index in [1.165, 1.54) is 6.92 Å². The standard InChI is InChI=1S/C12H16N2O2/c1-9(15)10-4-6-11(7-5-10)14-8-2-3-12(13)16/h4-7,14H,2-3,8H2,1H3,(H2,13,16). The Morgan fingerprint density at radius 2 is 1.88 bits per heavy atom. The molecule has 0 aromatic heterocycles. The lowest BCUT2D eigenvalue weighted by atomic mass is 10.1. The highest BCUT2D eigenvalue weighted by atomic mass is 16.1. The molecule has 0 aliphatic carbocycles. The van der Waals surface area contributed by atoms with Gasteiger partial charge < -0.3 is 11.1 Å². The minimum Gasteiger partial charge on any atom is -0.385 e. The normalized spacial score (nSPS) is 9.81. The van der Waals surface area contributed by atoms with Crippen LogP contribution >= 0.6 is 0 Å². The first-order valence-corrected chi connectivity index (χ1v) is 5.23. The van der Waals surface area contributed by atoms with Gasteiger partial charge in [-0.1, -0.05) is 0 Å². The molecular formula is C12H16N2O2. The number of nitrogens with one attached hydrogen (secondary N) is 1. The molecule has 1 aromatic rings. The molecule has 0 heterocycles. The summed E-state index contributed by atoms with van der Waals surface area (Å²) in [6.45, 7) is 2.23. The third kappa shape index (κ3) is 4.13. The number of hydrogen-bond acceptors (Lipinski definition) is 3. The minimum absolute atomic E-state index is 0.0558. The van der Waals surface area contributed by atoms with E-state index < -0.39 is 0 Å². The molecule has 4 heteroatoms. The van der Waals surface area contributed by atoms with E-state index in [9.17, 15) is 9.59 Å². The molecule has 0 saturated heterocycles. The van der Waals surface area contributed by atoms with E-state index in [0.717, 1.165) is 5.69 Å². The Morgan fingerprint density at radius 1 is 1.25 bits per heavy atom.